The molecule has 0 saturated heterocycles. The molecule has 1 aromatic carbocycles. The van der Waals surface area contributed by atoms with Crippen LogP contribution in [0.4, 0.5) is 0 Å². The number of aromatic nitrogens is 2. The van der Waals surface area contributed by atoms with Gasteiger partial charge >= 0.3 is 0 Å². The van der Waals surface area contributed by atoms with Gasteiger partial charge in [-0.25, -0.2) is 0 Å². The van der Waals surface area contributed by atoms with Crippen LogP contribution in [0.1, 0.15) is 23.9 Å². The normalized spacial score (nSPS) is 11.9. The van der Waals surface area contributed by atoms with E-state index in [1.54, 1.807) is 0 Å². The lowest BCUT2D eigenvalue weighted by atomic mass is 9.80. The van der Waals surface area contributed by atoms with Gasteiger partial charge in [-0.05, 0) is 12.0 Å². The van der Waals surface area contributed by atoms with Gasteiger partial charge in [0.25, 0.3) is 0 Å². The van der Waals surface area contributed by atoms with Crippen molar-refractivity contribution in [1.29, 1.82) is 0 Å². The minimum atomic E-state index is -0.0380. The van der Waals surface area contributed by atoms with E-state index in [1.807, 2.05) is 17.8 Å². The minimum absolute atomic E-state index is 0.0380. The minimum Gasteiger partial charge on any atom is -0.271 e. The van der Waals surface area contributed by atoms with E-state index in [4.69, 9.17) is 11.6 Å². The first-order chi connectivity index (χ1) is 10.1. The molecule has 0 atom stereocenters. The number of hydrogen-bond donors (Lipinski definition) is 0. The molecule has 0 aliphatic heterocycles. The molecule has 2 rings (SSSR count). The van der Waals surface area contributed by atoms with Gasteiger partial charge in [0.05, 0.1) is 16.4 Å². The van der Waals surface area contributed by atoms with Crippen molar-refractivity contribution < 1.29 is 0 Å². The van der Waals surface area contributed by atoms with E-state index in [0.717, 1.165) is 39.9 Å². The Hall–Kier alpha value is -0.320. The van der Waals surface area contributed by atoms with Crippen molar-refractivity contribution in [3.05, 3.63) is 52.3 Å². The number of benzene rings is 1. The average Bonchev–Trinajstić information content (AvgIpc) is 2.80. The van der Waals surface area contributed by atoms with Crippen LogP contribution in [-0.2, 0) is 25.3 Å². The molecule has 0 radical (unpaired) electrons. The van der Waals surface area contributed by atoms with Gasteiger partial charge in [-0.1, -0.05) is 80.7 Å². The molecular formula is C16H19Br2ClN2. The molecule has 21 heavy (non-hydrogen) atoms. The fraction of sp³-hybridized carbons (Fsp3) is 0.438. The van der Waals surface area contributed by atoms with E-state index < -0.39 is 0 Å². The van der Waals surface area contributed by atoms with Crippen molar-refractivity contribution in [1.82, 2.24) is 9.78 Å². The van der Waals surface area contributed by atoms with Crippen LogP contribution in [0, 0.1) is 0 Å². The number of nitrogens with zero attached hydrogens (tertiary/aromatic N) is 2. The zero-order valence-electron chi connectivity index (χ0n) is 12.2. The molecule has 0 saturated carbocycles. The first kappa shape index (κ1) is 17.0. The first-order valence-corrected chi connectivity index (χ1v) is 9.57. The highest BCUT2D eigenvalue weighted by atomic mass is 79.9. The fourth-order valence-corrected chi connectivity index (χ4v) is 4.84. The highest BCUT2D eigenvalue weighted by Crippen LogP contribution is 2.35. The summed E-state index contributed by atoms with van der Waals surface area (Å²) in [5.74, 6) is 0. The molecule has 0 fully saturated rings. The number of halogens is 3. The molecule has 0 bridgehead atoms. The second-order valence-electron chi connectivity index (χ2n) is 5.27. The summed E-state index contributed by atoms with van der Waals surface area (Å²) >= 11 is 13.9. The third-order valence-electron chi connectivity index (χ3n) is 3.91. The van der Waals surface area contributed by atoms with Crippen molar-refractivity contribution in [2.45, 2.75) is 25.2 Å². The maximum absolute atomic E-state index is 6.52. The molecule has 0 spiro atoms. The van der Waals surface area contributed by atoms with Crippen LogP contribution in [0.25, 0.3) is 0 Å². The Labute approximate surface area is 148 Å². The molecule has 0 aliphatic carbocycles. The predicted molar refractivity (Wildman–Crippen MR) is 97.0 cm³/mol. The number of aryl methyl sites for hydroxylation is 2. The molecule has 5 heteroatoms. The smallest absolute Gasteiger partial charge is 0.0850 e. The van der Waals surface area contributed by atoms with Gasteiger partial charge in [-0.2, -0.15) is 5.10 Å². The quantitative estimate of drug-likeness (QED) is 0.591. The summed E-state index contributed by atoms with van der Waals surface area (Å²) in [6, 6.07) is 10.6. The molecule has 0 aliphatic rings. The van der Waals surface area contributed by atoms with Crippen molar-refractivity contribution >= 4 is 43.5 Å². The lowest BCUT2D eigenvalue weighted by Gasteiger charge is -2.31. The molecule has 1 heterocycles. The summed E-state index contributed by atoms with van der Waals surface area (Å²) in [7, 11) is 1.97. The van der Waals surface area contributed by atoms with Gasteiger partial charge in [0.15, 0.2) is 0 Å². The molecule has 114 valence electrons. The first-order valence-electron chi connectivity index (χ1n) is 6.95. The molecule has 2 aromatic rings. The van der Waals surface area contributed by atoms with E-state index in [2.05, 4.69) is 68.1 Å². The van der Waals surface area contributed by atoms with Gasteiger partial charge in [-0.15, -0.1) is 0 Å². The van der Waals surface area contributed by atoms with E-state index in [-0.39, 0.29) is 5.41 Å². The largest absolute Gasteiger partial charge is 0.271 e. The molecular weight excluding hydrogens is 415 g/mol. The zero-order valence-corrected chi connectivity index (χ0v) is 16.2. The lowest BCUT2D eigenvalue weighted by molar-refractivity contribution is 0.523. The Balaban J connectivity index is 2.44. The number of hydrogen-bond acceptors (Lipinski definition) is 1. The van der Waals surface area contributed by atoms with Crippen LogP contribution in [0.15, 0.2) is 30.3 Å². The Morgan fingerprint density at radius 1 is 1.19 bits per heavy atom. The summed E-state index contributed by atoms with van der Waals surface area (Å²) in [5, 5.41) is 7.06. The molecule has 0 amide bonds. The maximum Gasteiger partial charge on any atom is 0.0850 e. The zero-order chi connectivity index (χ0) is 15.5. The Morgan fingerprint density at radius 3 is 2.29 bits per heavy atom. The van der Waals surface area contributed by atoms with E-state index >= 15 is 0 Å². The molecule has 2 nitrogen and oxygen atoms in total. The number of rotatable bonds is 6. The van der Waals surface area contributed by atoms with Gasteiger partial charge in [0.2, 0.25) is 0 Å². The van der Waals surface area contributed by atoms with E-state index in [0.29, 0.717) is 0 Å². The topological polar surface area (TPSA) is 17.8 Å². The third-order valence-corrected chi connectivity index (χ3v) is 6.49. The van der Waals surface area contributed by atoms with Crippen LogP contribution in [-0.4, -0.2) is 20.4 Å². The van der Waals surface area contributed by atoms with Crippen molar-refractivity contribution in [2.75, 3.05) is 10.7 Å². The van der Waals surface area contributed by atoms with Crippen molar-refractivity contribution in [3.63, 3.8) is 0 Å². The summed E-state index contributed by atoms with van der Waals surface area (Å²) in [6.07, 6.45) is 1.70. The Morgan fingerprint density at radius 2 is 1.81 bits per heavy atom. The van der Waals surface area contributed by atoms with Gasteiger partial charge < -0.3 is 0 Å². The second-order valence-corrected chi connectivity index (χ2v) is 6.77. The molecule has 0 unspecified atom stereocenters. The summed E-state index contributed by atoms with van der Waals surface area (Å²) in [5.41, 5.74) is 3.33. The lowest BCUT2D eigenvalue weighted by Crippen LogP contribution is -2.33. The van der Waals surface area contributed by atoms with E-state index in [1.165, 1.54) is 5.56 Å². The molecule has 1 aromatic heterocycles. The third kappa shape index (κ3) is 3.38. The number of alkyl halides is 2. The Kier molecular flexibility index (Phi) is 5.92. The van der Waals surface area contributed by atoms with Crippen LogP contribution in [0.5, 0.6) is 0 Å². The molecule has 0 N–H and O–H groups in total. The summed E-state index contributed by atoms with van der Waals surface area (Å²) in [4.78, 5) is 0. The fourth-order valence-electron chi connectivity index (χ4n) is 2.51. The summed E-state index contributed by atoms with van der Waals surface area (Å²) in [6.45, 7) is 2.08. The van der Waals surface area contributed by atoms with E-state index in [9.17, 15) is 0 Å². The van der Waals surface area contributed by atoms with Crippen LogP contribution in [0.2, 0.25) is 5.02 Å². The Bertz CT molecular complexity index is 592. The van der Waals surface area contributed by atoms with Gasteiger partial charge in [0, 0.05) is 29.5 Å². The van der Waals surface area contributed by atoms with Crippen LogP contribution in [0.3, 0.4) is 0 Å². The van der Waals surface area contributed by atoms with Crippen LogP contribution >= 0.6 is 43.5 Å². The highest BCUT2D eigenvalue weighted by molar-refractivity contribution is 9.09. The van der Waals surface area contributed by atoms with Crippen molar-refractivity contribution in [2.24, 2.45) is 7.05 Å². The van der Waals surface area contributed by atoms with Crippen molar-refractivity contribution in [3.8, 4) is 0 Å². The average molecular weight is 435 g/mol. The second kappa shape index (κ2) is 7.30. The monoisotopic (exact) mass is 432 g/mol. The van der Waals surface area contributed by atoms with Gasteiger partial charge in [0.1, 0.15) is 0 Å². The summed E-state index contributed by atoms with van der Waals surface area (Å²) < 4.78 is 1.92. The van der Waals surface area contributed by atoms with Crippen LogP contribution < -0.4 is 0 Å². The highest BCUT2D eigenvalue weighted by Gasteiger charge is 2.33. The standard InChI is InChI=1S/C16H19Br2ClN2/c1-3-13-15(19)14(21(2)20-13)9-16(10-17,11-18)12-7-5-4-6-8-12/h4-8H,3,9-11H2,1-2H3. The SMILES string of the molecule is CCc1nn(C)c(CC(CBr)(CBr)c2ccccc2)c1Cl. The van der Waals surface area contributed by atoms with Gasteiger partial charge in [-0.3, -0.25) is 4.68 Å². The predicted octanol–water partition coefficient (Wildman–Crippen LogP) is 4.91. The maximum atomic E-state index is 6.52.